The van der Waals surface area contributed by atoms with Gasteiger partial charge in [0.15, 0.2) is 6.10 Å². The maximum Gasteiger partial charge on any atom is 0.508 e. The Hall–Kier alpha value is -0.810. The highest BCUT2D eigenvalue weighted by Gasteiger charge is 2.29. The second-order valence-corrected chi connectivity index (χ2v) is 4.02. The molecule has 1 aliphatic heterocycles. The summed E-state index contributed by atoms with van der Waals surface area (Å²) in [5, 5.41) is 9.63. The zero-order valence-corrected chi connectivity index (χ0v) is 8.55. The predicted octanol–water partition coefficient (Wildman–Crippen LogP) is 0.842. The maximum absolute atomic E-state index is 10.6. The molecule has 86 valence electrons. The van der Waals surface area contributed by atoms with Crippen molar-refractivity contribution in [3.63, 3.8) is 0 Å². The van der Waals surface area contributed by atoms with E-state index in [9.17, 15) is 9.90 Å². The van der Waals surface area contributed by atoms with E-state index in [1.54, 1.807) is 0 Å². The molecule has 0 radical (unpaired) electrons. The minimum absolute atomic E-state index is 0.113. The molecular formula is C10H16O5. The van der Waals surface area contributed by atoms with Crippen LogP contribution in [-0.4, -0.2) is 42.8 Å². The van der Waals surface area contributed by atoms with Crippen LogP contribution in [0.5, 0.6) is 0 Å². The SMILES string of the molecule is O=C1OCC(COC2CCCCC2O)O1. The standard InChI is InChI=1S/C10H16O5/c11-8-3-1-2-4-9(8)13-5-7-6-14-10(12)15-7/h7-9,11H,1-6H2. The lowest BCUT2D eigenvalue weighted by molar-refractivity contribution is -0.0781. The zero-order chi connectivity index (χ0) is 10.7. The molecule has 3 unspecified atom stereocenters. The molecular weight excluding hydrogens is 200 g/mol. The monoisotopic (exact) mass is 216 g/mol. The first kappa shape index (κ1) is 10.7. The van der Waals surface area contributed by atoms with Gasteiger partial charge in [-0.25, -0.2) is 4.79 Å². The Morgan fingerprint density at radius 1 is 1.40 bits per heavy atom. The van der Waals surface area contributed by atoms with Gasteiger partial charge in [-0.15, -0.1) is 0 Å². The quantitative estimate of drug-likeness (QED) is 0.708. The highest BCUT2D eigenvalue weighted by molar-refractivity contribution is 5.61. The van der Waals surface area contributed by atoms with Crippen molar-refractivity contribution in [2.24, 2.45) is 0 Å². The number of hydrogen-bond acceptors (Lipinski definition) is 5. The van der Waals surface area contributed by atoms with Gasteiger partial charge >= 0.3 is 6.16 Å². The lowest BCUT2D eigenvalue weighted by atomic mass is 9.95. The number of aliphatic hydroxyl groups is 1. The van der Waals surface area contributed by atoms with Gasteiger partial charge in [0, 0.05) is 0 Å². The van der Waals surface area contributed by atoms with Crippen LogP contribution in [0.3, 0.4) is 0 Å². The number of cyclic esters (lactones) is 2. The molecule has 0 aromatic rings. The molecule has 1 heterocycles. The van der Waals surface area contributed by atoms with E-state index in [0.29, 0.717) is 6.61 Å². The Kier molecular flexibility index (Phi) is 3.43. The third-order valence-corrected chi connectivity index (χ3v) is 2.81. The summed E-state index contributed by atoms with van der Waals surface area (Å²) < 4.78 is 15.0. The molecule has 1 N–H and O–H groups in total. The summed E-state index contributed by atoms with van der Waals surface area (Å²) in [7, 11) is 0. The first-order valence-corrected chi connectivity index (χ1v) is 5.39. The van der Waals surface area contributed by atoms with Gasteiger partial charge in [-0.3, -0.25) is 0 Å². The minimum atomic E-state index is -0.632. The number of carbonyl (C=O) groups excluding carboxylic acids is 1. The molecule has 5 heteroatoms. The minimum Gasteiger partial charge on any atom is -0.430 e. The van der Waals surface area contributed by atoms with Crippen molar-refractivity contribution in [1.82, 2.24) is 0 Å². The van der Waals surface area contributed by atoms with Crippen LogP contribution in [0, 0.1) is 0 Å². The van der Waals surface area contributed by atoms with Crippen molar-refractivity contribution in [2.75, 3.05) is 13.2 Å². The van der Waals surface area contributed by atoms with Crippen LogP contribution in [0.4, 0.5) is 4.79 Å². The van der Waals surface area contributed by atoms with Crippen LogP contribution >= 0.6 is 0 Å². The molecule has 1 saturated heterocycles. The molecule has 0 amide bonds. The van der Waals surface area contributed by atoms with E-state index in [1.165, 1.54) is 0 Å². The van der Waals surface area contributed by atoms with E-state index >= 15 is 0 Å². The van der Waals surface area contributed by atoms with E-state index in [0.717, 1.165) is 25.7 Å². The van der Waals surface area contributed by atoms with E-state index in [-0.39, 0.29) is 24.9 Å². The van der Waals surface area contributed by atoms with Crippen molar-refractivity contribution >= 4 is 6.16 Å². The summed E-state index contributed by atoms with van der Waals surface area (Å²) in [6.07, 6.45) is 2.38. The molecule has 1 aliphatic carbocycles. The molecule has 2 fully saturated rings. The molecule has 1 saturated carbocycles. The number of ether oxygens (including phenoxy) is 3. The Labute approximate surface area is 88.3 Å². The summed E-state index contributed by atoms with van der Waals surface area (Å²) >= 11 is 0. The lowest BCUT2D eigenvalue weighted by Crippen LogP contribution is -2.34. The van der Waals surface area contributed by atoms with Crippen molar-refractivity contribution in [3.05, 3.63) is 0 Å². The molecule has 0 aromatic carbocycles. The summed E-state index contributed by atoms with van der Waals surface area (Å²) in [5.74, 6) is 0. The Morgan fingerprint density at radius 3 is 2.87 bits per heavy atom. The van der Waals surface area contributed by atoms with E-state index in [1.807, 2.05) is 0 Å². The van der Waals surface area contributed by atoms with Crippen molar-refractivity contribution in [2.45, 2.75) is 44.0 Å². The number of hydrogen-bond donors (Lipinski definition) is 1. The zero-order valence-electron chi connectivity index (χ0n) is 8.55. The molecule has 15 heavy (non-hydrogen) atoms. The van der Waals surface area contributed by atoms with Gasteiger partial charge in [0.25, 0.3) is 0 Å². The number of aliphatic hydroxyl groups excluding tert-OH is 1. The van der Waals surface area contributed by atoms with Gasteiger partial charge in [-0.1, -0.05) is 12.8 Å². The maximum atomic E-state index is 10.6. The molecule has 2 aliphatic rings. The second-order valence-electron chi connectivity index (χ2n) is 4.02. The fourth-order valence-corrected chi connectivity index (χ4v) is 1.95. The summed E-state index contributed by atoms with van der Waals surface area (Å²) in [6, 6.07) is 0. The summed E-state index contributed by atoms with van der Waals surface area (Å²) in [4.78, 5) is 10.6. The van der Waals surface area contributed by atoms with E-state index in [4.69, 9.17) is 9.47 Å². The van der Waals surface area contributed by atoms with Crippen LogP contribution in [0.2, 0.25) is 0 Å². The normalized spacial score (nSPS) is 36.1. The Morgan fingerprint density at radius 2 is 2.20 bits per heavy atom. The van der Waals surface area contributed by atoms with Crippen LogP contribution in [0.1, 0.15) is 25.7 Å². The first-order chi connectivity index (χ1) is 7.25. The lowest BCUT2D eigenvalue weighted by Gasteiger charge is -2.28. The van der Waals surface area contributed by atoms with Crippen LogP contribution in [-0.2, 0) is 14.2 Å². The van der Waals surface area contributed by atoms with Crippen LogP contribution in [0.15, 0.2) is 0 Å². The number of rotatable bonds is 3. The van der Waals surface area contributed by atoms with Gasteiger partial charge in [0.2, 0.25) is 0 Å². The van der Waals surface area contributed by atoms with Gasteiger partial charge in [-0.2, -0.15) is 0 Å². The highest BCUT2D eigenvalue weighted by atomic mass is 16.8. The molecule has 3 atom stereocenters. The van der Waals surface area contributed by atoms with Gasteiger partial charge < -0.3 is 19.3 Å². The average molecular weight is 216 g/mol. The van der Waals surface area contributed by atoms with Gasteiger partial charge in [0.1, 0.15) is 6.61 Å². The third-order valence-electron chi connectivity index (χ3n) is 2.81. The molecule has 2 rings (SSSR count). The summed E-state index contributed by atoms with van der Waals surface area (Å²) in [5.41, 5.74) is 0. The Bertz CT molecular complexity index is 230. The predicted molar refractivity (Wildman–Crippen MR) is 50.4 cm³/mol. The Balaban J connectivity index is 1.70. The smallest absolute Gasteiger partial charge is 0.430 e. The largest absolute Gasteiger partial charge is 0.508 e. The molecule has 0 spiro atoms. The van der Waals surface area contributed by atoms with Crippen molar-refractivity contribution in [3.8, 4) is 0 Å². The van der Waals surface area contributed by atoms with Gasteiger partial charge in [-0.05, 0) is 12.8 Å². The molecule has 0 aromatic heterocycles. The topological polar surface area (TPSA) is 65.0 Å². The van der Waals surface area contributed by atoms with Crippen LogP contribution < -0.4 is 0 Å². The average Bonchev–Trinajstić information content (AvgIpc) is 2.63. The second kappa shape index (κ2) is 4.81. The highest BCUT2D eigenvalue weighted by Crippen LogP contribution is 2.21. The van der Waals surface area contributed by atoms with Gasteiger partial charge in [0.05, 0.1) is 18.8 Å². The first-order valence-electron chi connectivity index (χ1n) is 5.39. The molecule has 0 bridgehead atoms. The fourth-order valence-electron chi connectivity index (χ4n) is 1.95. The summed E-state index contributed by atoms with van der Waals surface area (Å²) in [6.45, 7) is 0.565. The van der Waals surface area contributed by atoms with Crippen LogP contribution in [0.25, 0.3) is 0 Å². The number of carbonyl (C=O) groups is 1. The van der Waals surface area contributed by atoms with E-state index < -0.39 is 6.16 Å². The van der Waals surface area contributed by atoms with Crippen molar-refractivity contribution in [1.29, 1.82) is 0 Å². The van der Waals surface area contributed by atoms with E-state index in [2.05, 4.69) is 4.74 Å². The van der Waals surface area contributed by atoms with Crippen molar-refractivity contribution < 1.29 is 24.1 Å². The third kappa shape index (κ3) is 2.82. The fraction of sp³-hybridized carbons (Fsp3) is 0.900. The molecule has 5 nitrogen and oxygen atoms in total.